The molecule has 0 radical (unpaired) electrons. The van der Waals surface area contributed by atoms with Gasteiger partial charge in [0, 0.05) is 36.9 Å². The first-order chi connectivity index (χ1) is 14.2. The van der Waals surface area contributed by atoms with Gasteiger partial charge in [0.1, 0.15) is 17.9 Å². The Kier molecular flexibility index (Phi) is 6.12. The van der Waals surface area contributed by atoms with Crippen LogP contribution < -0.4 is 20.3 Å². The van der Waals surface area contributed by atoms with Gasteiger partial charge in [-0.25, -0.2) is 14.8 Å². The lowest BCUT2D eigenvalue weighted by molar-refractivity contribution is 0.234. The summed E-state index contributed by atoms with van der Waals surface area (Å²) in [5.41, 5.74) is 3.57. The highest BCUT2D eigenvalue weighted by Crippen LogP contribution is 2.28. The molecule has 2 aromatic rings. The number of hydrogen-bond acceptors (Lipinski definition) is 5. The van der Waals surface area contributed by atoms with E-state index < -0.39 is 0 Å². The molecule has 4 rings (SSSR count). The van der Waals surface area contributed by atoms with Gasteiger partial charge in [-0.05, 0) is 56.2 Å². The quantitative estimate of drug-likeness (QED) is 0.814. The van der Waals surface area contributed by atoms with Crippen LogP contribution in [0, 0.1) is 0 Å². The van der Waals surface area contributed by atoms with E-state index in [0.717, 1.165) is 55.9 Å². The van der Waals surface area contributed by atoms with Crippen molar-refractivity contribution < 1.29 is 9.53 Å². The summed E-state index contributed by atoms with van der Waals surface area (Å²) in [6.07, 6.45) is 8.14. The number of urea groups is 1. The third-order valence-electron chi connectivity index (χ3n) is 5.82. The van der Waals surface area contributed by atoms with E-state index in [-0.39, 0.29) is 12.1 Å². The SMILES string of the molecule is COc1cccc(CNC(=O)NC2CCN(c3ncnc4c3CCCC4)CC2)c1. The first-order valence-corrected chi connectivity index (χ1v) is 10.5. The number of aryl methyl sites for hydroxylation is 1. The number of piperidine rings is 1. The topological polar surface area (TPSA) is 79.4 Å². The van der Waals surface area contributed by atoms with E-state index >= 15 is 0 Å². The van der Waals surface area contributed by atoms with E-state index in [1.54, 1.807) is 13.4 Å². The van der Waals surface area contributed by atoms with Gasteiger partial charge in [0.25, 0.3) is 0 Å². The Hall–Kier alpha value is -2.83. The zero-order valence-electron chi connectivity index (χ0n) is 17.0. The van der Waals surface area contributed by atoms with E-state index in [1.165, 1.54) is 24.1 Å². The Morgan fingerprint density at radius 1 is 1.21 bits per heavy atom. The van der Waals surface area contributed by atoms with Crippen molar-refractivity contribution in [2.24, 2.45) is 0 Å². The smallest absolute Gasteiger partial charge is 0.315 e. The highest BCUT2D eigenvalue weighted by atomic mass is 16.5. The molecule has 2 aliphatic rings. The van der Waals surface area contributed by atoms with Crippen LogP contribution in [0.3, 0.4) is 0 Å². The van der Waals surface area contributed by atoms with Crippen LogP contribution in [0.5, 0.6) is 5.75 Å². The van der Waals surface area contributed by atoms with Crippen molar-refractivity contribution in [3.05, 3.63) is 47.4 Å². The molecular weight excluding hydrogens is 366 g/mol. The second-order valence-electron chi connectivity index (χ2n) is 7.77. The molecule has 1 aliphatic heterocycles. The van der Waals surface area contributed by atoms with Gasteiger partial charge in [-0.3, -0.25) is 0 Å². The minimum absolute atomic E-state index is 0.120. The lowest BCUT2D eigenvalue weighted by Gasteiger charge is -2.35. The molecule has 0 bridgehead atoms. The van der Waals surface area contributed by atoms with Gasteiger partial charge < -0.3 is 20.3 Å². The van der Waals surface area contributed by atoms with Gasteiger partial charge in [0.2, 0.25) is 0 Å². The molecule has 1 aliphatic carbocycles. The molecule has 1 aromatic carbocycles. The fraction of sp³-hybridized carbons (Fsp3) is 0.500. The van der Waals surface area contributed by atoms with E-state index in [9.17, 15) is 4.79 Å². The summed E-state index contributed by atoms with van der Waals surface area (Å²) in [5, 5.41) is 6.05. The number of nitrogens with one attached hydrogen (secondary N) is 2. The van der Waals surface area contributed by atoms with Crippen molar-refractivity contribution in [2.45, 2.75) is 51.1 Å². The summed E-state index contributed by atoms with van der Waals surface area (Å²) >= 11 is 0. The van der Waals surface area contributed by atoms with Gasteiger partial charge >= 0.3 is 6.03 Å². The monoisotopic (exact) mass is 395 g/mol. The molecule has 2 amide bonds. The van der Waals surface area contributed by atoms with Crippen molar-refractivity contribution in [1.29, 1.82) is 0 Å². The lowest BCUT2D eigenvalue weighted by atomic mass is 9.95. The minimum atomic E-state index is -0.120. The predicted octanol–water partition coefficient (Wildman–Crippen LogP) is 2.83. The summed E-state index contributed by atoms with van der Waals surface area (Å²) < 4.78 is 5.22. The van der Waals surface area contributed by atoms with E-state index in [0.29, 0.717) is 6.54 Å². The highest BCUT2D eigenvalue weighted by Gasteiger charge is 2.25. The number of benzene rings is 1. The minimum Gasteiger partial charge on any atom is -0.497 e. The van der Waals surface area contributed by atoms with Crippen molar-refractivity contribution in [3.8, 4) is 5.75 Å². The number of methoxy groups -OCH3 is 1. The number of anilines is 1. The fourth-order valence-electron chi connectivity index (χ4n) is 4.21. The van der Waals surface area contributed by atoms with Crippen LogP contribution in [-0.4, -0.2) is 42.2 Å². The Bertz CT molecular complexity index is 849. The summed E-state index contributed by atoms with van der Waals surface area (Å²) in [5.74, 6) is 1.90. The normalized spacial score (nSPS) is 16.8. The standard InChI is InChI=1S/C22H29N5O2/c1-29-18-6-4-5-16(13-18)14-23-22(28)26-17-9-11-27(12-10-17)21-19-7-2-3-8-20(19)24-15-25-21/h4-6,13,15,17H,2-3,7-12,14H2,1H3,(H2,23,26,28). The van der Waals surface area contributed by atoms with E-state index in [4.69, 9.17) is 4.74 Å². The molecule has 7 heteroatoms. The van der Waals surface area contributed by atoms with Crippen LogP contribution in [0.2, 0.25) is 0 Å². The molecule has 29 heavy (non-hydrogen) atoms. The van der Waals surface area contributed by atoms with Crippen LogP contribution in [0.1, 0.15) is 42.5 Å². The zero-order valence-corrected chi connectivity index (χ0v) is 17.0. The third kappa shape index (κ3) is 4.78. The first-order valence-electron chi connectivity index (χ1n) is 10.5. The molecule has 2 N–H and O–H groups in total. The van der Waals surface area contributed by atoms with Crippen molar-refractivity contribution >= 4 is 11.8 Å². The van der Waals surface area contributed by atoms with Crippen LogP contribution >= 0.6 is 0 Å². The van der Waals surface area contributed by atoms with E-state index in [2.05, 4.69) is 25.5 Å². The molecule has 0 unspecified atom stereocenters. The highest BCUT2D eigenvalue weighted by molar-refractivity contribution is 5.74. The predicted molar refractivity (Wildman–Crippen MR) is 112 cm³/mol. The number of hydrogen-bond donors (Lipinski definition) is 2. The second kappa shape index (κ2) is 9.11. The molecule has 7 nitrogen and oxygen atoms in total. The number of fused-ring (bicyclic) bond motifs is 1. The summed E-state index contributed by atoms with van der Waals surface area (Å²) in [6, 6.07) is 7.80. The second-order valence-corrected chi connectivity index (χ2v) is 7.77. The average molecular weight is 396 g/mol. The molecule has 2 heterocycles. The molecule has 154 valence electrons. The number of carbonyl (C=O) groups excluding carboxylic acids is 1. The van der Waals surface area contributed by atoms with E-state index in [1.807, 2.05) is 24.3 Å². The molecule has 1 saturated heterocycles. The molecule has 0 saturated carbocycles. The molecule has 1 aromatic heterocycles. The van der Waals surface area contributed by atoms with Crippen LogP contribution in [-0.2, 0) is 19.4 Å². The number of ether oxygens (including phenoxy) is 1. The van der Waals surface area contributed by atoms with Crippen LogP contribution in [0.15, 0.2) is 30.6 Å². The zero-order chi connectivity index (χ0) is 20.1. The molecular formula is C22H29N5O2. The Labute approximate surface area is 171 Å². The Morgan fingerprint density at radius 3 is 2.86 bits per heavy atom. The number of rotatable bonds is 5. The van der Waals surface area contributed by atoms with Gasteiger partial charge in [-0.1, -0.05) is 12.1 Å². The third-order valence-corrected chi connectivity index (χ3v) is 5.82. The summed E-state index contributed by atoms with van der Waals surface area (Å²) in [7, 11) is 1.64. The maximum Gasteiger partial charge on any atom is 0.315 e. The molecule has 0 atom stereocenters. The van der Waals surface area contributed by atoms with Crippen LogP contribution in [0.4, 0.5) is 10.6 Å². The fourth-order valence-corrected chi connectivity index (χ4v) is 4.21. The van der Waals surface area contributed by atoms with Crippen molar-refractivity contribution in [2.75, 3.05) is 25.1 Å². The van der Waals surface area contributed by atoms with Gasteiger partial charge in [-0.2, -0.15) is 0 Å². The Balaban J connectivity index is 1.26. The molecule has 0 spiro atoms. The number of aromatic nitrogens is 2. The number of carbonyl (C=O) groups is 1. The Morgan fingerprint density at radius 2 is 2.03 bits per heavy atom. The largest absolute Gasteiger partial charge is 0.497 e. The molecule has 1 fully saturated rings. The van der Waals surface area contributed by atoms with Crippen LogP contribution in [0.25, 0.3) is 0 Å². The van der Waals surface area contributed by atoms with Crippen molar-refractivity contribution in [3.63, 3.8) is 0 Å². The van der Waals surface area contributed by atoms with Gasteiger partial charge in [0.05, 0.1) is 7.11 Å². The summed E-state index contributed by atoms with van der Waals surface area (Å²) in [4.78, 5) is 23.7. The average Bonchev–Trinajstić information content (AvgIpc) is 2.78. The maximum absolute atomic E-state index is 12.3. The van der Waals surface area contributed by atoms with Gasteiger partial charge in [-0.15, -0.1) is 0 Å². The van der Waals surface area contributed by atoms with Crippen molar-refractivity contribution in [1.82, 2.24) is 20.6 Å². The van der Waals surface area contributed by atoms with Gasteiger partial charge in [0.15, 0.2) is 0 Å². The maximum atomic E-state index is 12.3. The number of amides is 2. The lowest BCUT2D eigenvalue weighted by Crippen LogP contribution is -2.48. The summed E-state index contributed by atoms with van der Waals surface area (Å²) in [6.45, 7) is 2.30. The first kappa shape index (κ1) is 19.5. The number of nitrogens with zero attached hydrogens (tertiary/aromatic N) is 3.